The summed E-state index contributed by atoms with van der Waals surface area (Å²) in [5.74, 6) is -0.279. The molecule has 2 amide bonds. The van der Waals surface area contributed by atoms with Crippen LogP contribution < -0.4 is 5.32 Å². The number of nitrogens with zero attached hydrogens (tertiary/aromatic N) is 1. The molecule has 21 heavy (non-hydrogen) atoms. The van der Waals surface area contributed by atoms with Gasteiger partial charge in [0.05, 0.1) is 0 Å². The molecule has 0 unspecified atom stereocenters. The number of amides is 2. The summed E-state index contributed by atoms with van der Waals surface area (Å²) in [6, 6.07) is 15.6. The molecule has 0 aliphatic rings. The van der Waals surface area contributed by atoms with Gasteiger partial charge in [-0.25, -0.2) is 9.18 Å². The molecular weight excluding hydrogens is 267 g/mol. The molecule has 0 bridgehead atoms. The molecule has 0 atom stereocenters. The van der Waals surface area contributed by atoms with Gasteiger partial charge >= 0.3 is 6.03 Å². The summed E-state index contributed by atoms with van der Waals surface area (Å²) in [7, 11) is 1.73. The van der Waals surface area contributed by atoms with E-state index in [-0.39, 0.29) is 11.8 Å². The Balaban J connectivity index is 1.85. The van der Waals surface area contributed by atoms with E-state index >= 15 is 0 Å². The molecule has 0 fully saturated rings. The second-order valence-electron chi connectivity index (χ2n) is 4.68. The molecule has 0 spiro atoms. The molecular formula is C17H17FN2O. The van der Waals surface area contributed by atoms with Gasteiger partial charge in [-0.05, 0) is 29.3 Å². The summed E-state index contributed by atoms with van der Waals surface area (Å²) >= 11 is 0. The summed E-state index contributed by atoms with van der Waals surface area (Å²) in [6.07, 6.45) is 3.27. The van der Waals surface area contributed by atoms with Crippen LogP contribution in [0.2, 0.25) is 0 Å². The van der Waals surface area contributed by atoms with E-state index in [1.807, 2.05) is 30.3 Å². The van der Waals surface area contributed by atoms with Crippen LogP contribution in [0.1, 0.15) is 11.1 Å². The second kappa shape index (κ2) is 7.24. The molecule has 0 saturated carbocycles. The van der Waals surface area contributed by atoms with E-state index in [1.165, 1.54) is 12.1 Å². The van der Waals surface area contributed by atoms with Crippen LogP contribution in [0.15, 0.2) is 60.8 Å². The zero-order chi connectivity index (χ0) is 15.1. The predicted molar refractivity (Wildman–Crippen MR) is 81.9 cm³/mol. The predicted octanol–water partition coefficient (Wildman–Crippen LogP) is 3.64. The van der Waals surface area contributed by atoms with E-state index in [0.29, 0.717) is 6.54 Å². The van der Waals surface area contributed by atoms with Crippen LogP contribution >= 0.6 is 0 Å². The maximum atomic E-state index is 12.7. The van der Waals surface area contributed by atoms with Gasteiger partial charge in [0.1, 0.15) is 5.82 Å². The van der Waals surface area contributed by atoms with Gasteiger partial charge < -0.3 is 10.2 Å². The van der Waals surface area contributed by atoms with Crippen LogP contribution in [-0.2, 0) is 6.54 Å². The smallest absolute Gasteiger partial charge is 0.321 e. The minimum atomic E-state index is -0.279. The minimum absolute atomic E-state index is 0.197. The number of halogens is 1. The first kappa shape index (κ1) is 14.8. The lowest BCUT2D eigenvalue weighted by atomic mass is 10.2. The summed E-state index contributed by atoms with van der Waals surface area (Å²) < 4.78 is 12.7. The highest BCUT2D eigenvalue weighted by atomic mass is 19.1. The molecule has 0 heterocycles. The molecule has 0 aromatic heterocycles. The largest absolute Gasteiger partial charge is 0.323 e. The maximum absolute atomic E-state index is 12.7. The first-order valence-corrected chi connectivity index (χ1v) is 6.63. The maximum Gasteiger partial charge on any atom is 0.321 e. The van der Waals surface area contributed by atoms with Gasteiger partial charge in [-0.1, -0.05) is 42.5 Å². The average molecular weight is 284 g/mol. The van der Waals surface area contributed by atoms with E-state index in [1.54, 1.807) is 36.4 Å². The normalized spacial score (nSPS) is 10.6. The lowest BCUT2D eigenvalue weighted by Gasteiger charge is -2.16. The second-order valence-corrected chi connectivity index (χ2v) is 4.68. The molecule has 0 saturated heterocycles. The van der Waals surface area contributed by atoms with Crippen LogP contribution in [0.5, 0.6) is 0 Å². The van der Waals surface area contributed by atoms with E-state index in [4.69, 9.17) is 0 Å². The van der Waals surface area contributed by atoms with E-state index in [0.717, 1.165) is 11.1 Å². The van der Waals surface area contributed by atoms with Crippen LogP contribution in [-0.4, -0.2) is 18.0 Å². The summed E-state index contributed by atoms with van der Waals surface area (Å²) in [5, 5.41) is 2.68. The van der Waals surface area contributed by atoms with Crippen LogP contribution in [0.3, 0.4) is 0 Å². The number of hydrogen-bond acceptors (Lipinski definition) is 1. The Morgan fingerprint density at radius 3 is 2.48 bits per heavy atom. The van der Waals surface area contributed by atoms with Gasteiger partial charge in [0.2, 0.25) is 0 Å². The van der Waals surface area contributed by atoms with Crippen molar-refractivity contribution in [3.05, 3.63) is 77.7 Å². The average Bonchev–Trinajstić information content (AvgIpc) is 2.50. The molecule has 108 valence electrons. The number of urea groups is 1. The Morgan fingerprint density at radius 2 is 1.81 bits per heavy atom. The number of nitrogens with one attached hydrogen (secondary N) is 1. The summed E-state index contributed by atoms with van der Waals surface area (Å²) in [4.78, 5) is 13.5. The van der Waals surface area contributed by atoms with E-state index < -0.39 is 0 Å². The first-order chi connectivity index (χ1) is 10.1. The fraction of sp³-hybridized carbons (Fsp3) is 0.118. The van der Waals surface area contributed by atoms with Crippen molar-refractivity contribution in [2.45, 2.75) is 6.54 Å². The molecule has 4 heteroatoms. The quantitative estimate of drug-likeness (QED) is 0.913. The van der Waals surface area contributed by atoms with E-state index in [9.17, 15) is 9.18 Å². The highest BCUT2D eigenvalue weighted by Crippen LogP contribution is 2.05. The van der Waals surface area contributed by atoms with Crippen molar-refractivity contribution in [3.63, 3.8) is 0 Å². The van der Waals surface area contributed by atoms with Crippen molar-refractivity contribution >= 4 is 12.1 Å². The molecule has 0 aliphatic carbocycles. The van der Waals surface area contributed by atoms with Crippen molar-refractivity contribution < 1.29 is 9.18 Å². The number of rotatable bonds is 4. The van der Waals surface area contributed by atoms with Crippen LogP contribution in [0, 0.1) is 5.82 Å². The Kier molecular flexibility index (Phi) is 5.10. The van der Waals surface area contributed by atoms with Gasteiger partial charge in [0, 0.05) is 19.8 Å². The molecule has 3 nitrogen and oxygen atoms in total. The van der Waals surface area contributed by atoms with Crippen LogP contribution in [0.4, 0.5) is 9.18 Å². The topological polar surface area (TPSA) is 32.3 Å². The van der Waals surface area contributed by atoms with Crippen molar-refractivity contribution in [2.75, 3.05) is 7.05 Å². The van der Waals surface area contributed by atoms with Gasteiger partial charge in [-0.15, -0.1) is 0 Å². The van der Waals surface area contributed by atoms with Crippen LogP contribution in [0.25, 0.3) is 6.08 Å². The SMILES string of the molecule is CN(Cc1ccccc1)C(=O)N/C=C/c1ccc(F)cc1. The third-order valence-corrected chi connectivity index (χ3v) is 2.96. The Morgan fingerprint density at radius 1 is 1.14 bits per heavy atom. The number of carbonyl (C=O) groups excluding carboxylic acids is 1. The first-order valence-electron chi connectivity index (χ1n) is 6.63. The van der Waals surface area contributed by atoms with E-state index in [2.05, 4.69) is 5.32 Å². The Labute approximate surface area is 123 Å². The van der Waals surface area contributed by atoms with Crippen molar-refractivity contribution in [1.29, 1.82) is 0 Å². The third kappa shape index (κ3) is 4.76. The number of benzene rings is 2. The molecule has 0 aliphatic heterocycles. The van der Waals surface area contributed by atoms with Gasteiger partial charge in [-0.3, -0.25) is 0 Å². The minimum Gasteiger partial charge on any atom is -0.323 e. The number of carbonyl (C=O) groups is 1. The lowest BCUT2D eigenvalue weighted by Crippen LogP contribution is -2.33. The fourth-order valence-electron chi connectivity index (χ4n) is 1.82. The summed E-state index contributed by atoms with van der Waals surface area (Å²) in [5.41, 5.74) is 1.89. The van der Waals surface area contributed by atoms with Gasteiger partial charge in [0.15, 0.2) is 0 Å². The third-order valence-electron chi connectivity index (χ3n) is 2.96. The van der Waals surface area contributed by atoms with Crippen molar-refractivity contribution in [1.82, 2.24) is 10.2 Å². The van der Waals surface area contributed by atoms with Gasteiger partial charge in [-0.2, -0.15) is 0 Å². The lowest BCUT2D eigenvalue weighted by molar-refractivity contribution is 0.211. The fourth-order valence-corrected chi connectivity index (χ4v) is 1.82. The highest BCUT2D eigenvalue weighted by molar-refractivity contribution is 5.75. The van der Waals surface area contributed by atoms with Crippen molar-refractivity contribution in [3.8, 4) is 0 Å². The molecule has 0 radical (unpaired) electrons. The Hall–Kier alpha value is -2.62. The zero-order valence-electron chi connectivity index (χ0n) is 11.8. The summed E-state index contributed by atoms with van der Waals surface area (Å²) in [6.45, 7) is 0.539. The monoisotopic (exact) mass is 284 g/mol. The van der Waals surface area contributed by atoms with Crippen molar-refractivity contribution in [2.24, 2.45) is 0 Å². The molecule has 2 aromatic rings. The highest BCUT2D eigenvalue weighted by Gasteiger charge is 2.06. The Bertz CT molecular complexity index is 608. The van der Waals surface area contributed by atoms with Gasteiger partial charge in [0.25, 0.3) is 0 Å². The number of hydrogen-bond donors (Lipinski definition) is 1. The molecule has 2 aromatic carbocycles. The molecule has 2 rings (SSSR count). The molecule has 1 N–H and O–H groups in total. The zero-order valence-corrected chi connectivity index (χ0v) is 11.8. The standard InChI is InChI=1S/C17H17FN2O/c1-20(13-15-5-3-2-4-6-15)17(21)19-12-11-14-7-9-16(18)10-8-14/h2-12H,13H2,1H3,(H,19,21)/b12-11+.